The van der Waals surface area contributed by atoms with Crippen LogP contribution in [0, 0.1) is 6.92 Å². The highest BCUT2D eigenvalue weighted by atomic mass is 32.1. The van der Waals surface area contributed by atoms with Gasteiger partial charge in [-0.3, -0.25) is 5.32 Å². The van der Waals surface area contributed by atoms with Crippen molar-refractivity contribution in [2.24, 2.45) is 0 Å². The zero-order chi connectivity index (χ0) is 11.0. The number of aryl methyl sites for hydroxylation is 1. The lowest BCUT2D eigenvalue weighted by Crippen LogP contribution is -1.87. The molecule has 1 aromatic carbocycles. The molecular weight excluding hydrogens is 224 g/mol. The van der Waals surface area contributed by atoms with Gasteiger partial charge in [0.25, 0.3) is 0 Å². The van der Waals surface area contributed by atoms with Crippen LogP contribution in [0.15, 0.2) is 28.9 Å². The first-order valence-corrected chi connectivity index (χ1v) is 5.49. The number of rotatable bonds is 2. The minimum atomic E-state index is 0.442. The van der Waals surface area contributed by atoms with Crippen molar-refractivity contribution in [3.63, 3.8) is 0 Å². The summed E-state index contributed by atoms with van der Waals surface area (Å²) < 4.78 is 9.40. The van der Waals surface area contributed by atoms with Crippen LogP contribution in [-0.2, 0) is 0 Å². The molecule has 0 bridgehead atoms. The summed E-state index contributed by atoms with van der Waals surface area (Å²) in [6, 6.07) is 6.31. The first-order chi connectivity index (χ1) is 7.81. The predicted molar refractivity (Wildman–Crippen MR) is 61.9 cm³/mol. The molecule has 0 aliphatic carbocycles. The van der Waals surface area contributed by atoms with E-state index in [1.54, 1.807) is 0 Å². The van der Waals surface area contributed by atoms with Crippen molar-refractivity contribution in [3.05, 3.63) is 30.1 Å². The molecule has 0 aliphatic heterocycles. The van der Waals surface area contributed by atoms with E-state index in [9.17, 15) is 0 Å². The molecule has 2 aromatic heterocycles. The van der Waals surface area contributed by atoms with Crippen LogP contribution in [0.1, 0.15) is 5.56 Å². The number of benzene rings is 1. The number of fused-ring (bicyclic) bond motifs is 1. The van der Waals surface area contributed by atoms with E-state index in [1.165, 1.54) is 17.9 Å². The van der Waals surface area contributed by atoms with Gasteiger partial charge in [-0.15, -0.1) is 0 Å². The van der Waals surface area contributed by atoms with Gasteiger partial charge in [0.1, 0.15) is 11.8 Å². The molecule has 0 fully saturated rings. The number of nitrogens with one attached hydrogen (secondary N) is 1. The Balaban J connectivity index is 1.99. The van der Waals surface area contributed by atoms with Gasteiger partial charge in [-0.25, -0.2) is 4.98 Å². The first-order valence-electron chi connectivity index (χ1n) is 4.72. The van der Waals surface area contributed by atoms with Crippen molar-refractivity contribution in [1.29, 1.82) is 0 Å². The smallest absolute Gasteiger partial charge is 0.302 e. The molecule has 5 nitrogen and oxygen atoms in total. The molecule has 16 heavy (non-hydrogen) atoms. The van der Waals surface area contributed by atoms with Gasteiger partial charge in [0, 0.05) is 11.5 Å². The second-order valence-corrected chi connectivity index (χ2v) is 4.14. The van der Waals surface area contributed by atoms with Crippen molar-refractivity contribution < 1.29 is 4.42 Å². The minimum Gasteiger partial charge on any atom is -0.423 e. The van der Waals surface area contributed by atoms with E-state index in [1.807, 2.05) is 25.1 Å². The lowest BCUT2D eigenvalue weighted by molar-refractivity contribution is 0.623. The maximum atomic E-state index is 5.51. The van der Waals surface area contributed by atoms with Crippen LogP contribution in [0.3, 0.4) is 0 Å². The van der Waals surface area contributed by atoms with Crippen molar-refractivity contribution in [2.75, 3.05) is 5.32 Å². The zero-order valence-corrected chi connectivity index (χ0v) is 9.28. The summed E-state index contributed by atoms with van der Waals surface area (Å²) in [5.41, 5.74) is 2.76. The third kappa shape index (κ3) is 1.63. The van der Waals surface area contributed by atoms with Crippen molar-refractivity contribution in [1.82, 2.24) is 14.3 Å². The summed E-state index contributed by atoms with van der Waals surface area (Å²) in [6.45, 7) is 2.02. The van der Waals surface area contributed by atoms with Crippen LogP contribution < -0.4 is 5.32 Å². The van der Waals surface area contributed by atoms with Crippen LogP contribution in [0.5, 0.6) is 0 Å². The summed E-state index contributed by atoms with van der Waals surface area (Å²) in [5, 5.41) is 3.63. The van der Waals surface area contributed by atoms with Crippen LogP contribution >= 0.6 is 11.5 Å². The Kier molecular flexibility index (Phi) is 2.07. The molecule has 0 aliphatic rings. The monoisotopic (exact) mass is 232 g/mol. The van der Waals surface area contributed by atoms with Gasteiger partial charge in [-0.05, 0) is 24.6 Å². The third-order valence-electron chi connectivity index (χ3n) is 2.12. The normalized spacial score (nSPS) is 10.8. The quantitative estimate of drug-likeness (QED) is 0.736. The number of aromatic nitrogens is 3. The SMILES string of the molecule is Cc1ccc2oc(Nc3ncns3)nc2c1. The Morgan fingerprint density at radius 2 is 2.31 bits per heavy atom. The lowest BCUT2D eigenvalue weighted by atomic mass is 10.2. The number of hydrogen-bond donors (Lipinski definition) is 1. The molecule has 3 rings (SSSR count). The van der Waals surface area contributed by atoms with E-state index in [2.05, 4.69) is 19.7 Å². The fourth-order valence-electron chi connectivity index (χ4n) is 1.41. The molecule has 1 N–H and O–H groups in total. The van der Waals surface area contributed by atoms with Gasteiger partial charge in [0.2, 0.25) is 5.13 Å². The summed E-state index contributed by atoms with van der Waals surface area (Å²) in [5.74, 6) is 0. The van der Waals surface area contributed by atoms with Crippen molar-refractivity contribution >= 4 is 33.8 Å². The molecule has 2 heterocycles. The third-order valence-corrected chi connectivity index (χ3v) is 2.70. The van der Waals surface area contributed by atoms with Gasteiger partial charge < -0.3 is 4.42 Å². The molecule has 6 heteroatoms. The fraction of sp³-hybridized carbons (Fsp3) is 0.100. The molecule has 0 spiro atoms. The molecule has 0 amide bonds. The molecule has 0 atom stereocenters. The highest BCUT2D eigenvalue weighted by molar-refractivity contribution is 7.09. The lowest BCUT2D eigenvalue weighted by Gasteiger charge is -1.91. The first kappa shape index (κ1) is 9.29. The van der Waals surface area contributed by atoms with E-state index in [4.69, 9.17) is 4.42 Å². The van der Waals surface area contributed by atoms with Gasteiger partial charge in [0.15, 0.2) is 5.58 Å². The van der Waals surface area contributed by atoms with Gasteiger partial charge >= 0.3 is 6.01 Å². The van der Waals surface area contributed by atoms with Crippen molar-refractivity contribution in [3.8, 4) is 0 Å². The molecule has 80 valence electrons. The molecule has 0 unspecified atom stereocenters. The Morgan fingerprint density at radius 1 is 1.38 bits per heavy atom. The Bertz CT molecular complexity index is 617. The van der Waals surface area contributed by atoms with Gasteiger partial charge in [0.05, 0.1) is 0 Å². The maximum absolute atomic E-state index is 5.51. The van der Waals surface area contributed by atoms with Crippen LogP contribution in [-0.4, -0.2) is 14.3 Å². The Hall–Kier alpha value is -1.95. The zero-order valence-electron chi connectivity index (χ0n) is 8.47. The molecule has 0 radical (unpaired) electrons. The van der Waals surface area contributed by atoms with Gasteiger partial charge in [-0.2, -0.15) is 9.36 Å². The highest BCUT2D eigenvalue weighted by Crippen LogP contribution is 2.22. The van der Waals surface area contributed by atoms with Crippen LogP contribution in [0.25, 0.3) is 11.1 Å². The Morgan fingerprint density at radius 3 is 3.12 bits per heavy atom. The topological polar surface area (TPSA) is 63.8 Å². The number of hydrogen-bond acceptors (Lipinski definition) is 6. The minimum absolute atomic E-state index is 0.442. The van der Waals surface area contributed by atoms with E-state index < -0.39 is 0 Å². The fourth-order valence-corrected chi connectivity index (χ4v) is 1.83. The van der Waals surface area contributed by atoms with Crippen LogP contribution in [0.2, 0.25) is 0 Å². The molecule has 3 aromatic rings. The summed E-state index contributed by atoms with van der Waals surface area (Å²) in [4.78, 5) is 8.31. The predicted octanol–water partition coefficient (Wildman–Crippen LogP) is 2.73. The van der Waals surface area contributed by atoms with E-state index >= 15 is 0 Å². The average molecular weight is 232 g/mol. The second kappa shape index (κ2) is 3.57. The van der Waals surface area contributed by atoms with Crippen LogP contribution in [0.4, 0.5) is 11.1 Å². The highest BCUT2D eigenvalue weighted by Gasteiger charge is 2.06. The van der Waals surface area contributed by atoms with Gasteiger partial charge in [-0.1, -0.05) is 6.07 Å². The molecule has 0 saturated heterocycles. The largest absolute Gasteiger partial charge is 0.423 e. The van der Waals surface area contributed by atoms with Crippen molar-refractivity contribution in [2.45, 2.75) is 6.92 Å². The summed E-state index contributed by atoms with van der Waals surface area (Å²) >= 11 is 1.26. The average Bonchev–Trinajstić information content (AvgIpc) is 2.86. The summed E-state index contributed by atoms with van der Waals surface area (Å²) in [6.07, 6.45) is 1.49. The maximum Gasteiger partial charge on any atom is 0.302 e. The number of oxazole rings is 1. The van der Waals surface area contributed by atoms with E-state index in [0.29, 0.717) is 11.1 Å². The Labute approximate surface area is 95.3 Å². The van der Waals surface area contributed by atoms with E-state index in [-0.39, 0.29) is 0 Å². The van der Waals surface area contributed by atoms with E-state index in [0.717, 1.165) is 16.7 Å². The second-order valence-electron chi connectivity index (χ2n) is 3.36. The summed E-state index contributed by atoms with van der Waals surface area (Å²) in [7, 11) is 0. The standard InChI is InChI=1S/C10H8N4OS/c1-6-2-3-8-7(4-6)13-9(15-8)14-10-11-5-12-16-10/h2-5H,1H3,(H,11,12,13,14). The molecular formula is C10H8N4OS. The number of nitrogens with zero attached hydrogens (tertiary/aromatic N) is 3. The molecule has 0 saturated carbocycles. The number of anilines is 2.